The minimum atomic E-state index is -4.61. The molecule has 204 valence electrons. The summed E-state index contributed by atoms with van der Waals surface area (Å²) in [6, 6.07) is 6.50. The van der Waals surface area contributed by atoms with Crippen molar-refractivity contribution in [1.82, 2.24) is 25.1 Å². The summed E-state index contributed by atoms with van der Waals surface area (Å²) in [5, 5.41) is 12.5. The highest BCUT2D eigenvalue weighted by molar-refractivity contribution is 5.64. The lowest BCUT2D eigenvalue weighted by atomic mass is 9.79. The van der Waals surface area contributed by atoms with E-state index in [4.69, 9.17) is 4.74 Å². The molecule has 3 N–H and O–H groups in total. The molecule has 1 saturated carbocycles. The van der Waals surface area contributed by atoms with E-state index in [0.29, 0.717) is 17.7 Å². The zero-order valence-corrected chi connectivity index (χ0v) is 22.0. The molecule has 0 atom stereocenters. The van der Waals surface area contributed by atoms with Gasteiger partial charge >= 0.3 is 6.18 Å². The van der Waals surface area contributed by atoms with E-state index in [9.17, 15) is 13.2 Å². The molecule has 2 aliphatic rings. The van der Waals surface area contributed by atoms with E-state index in [2.05, 4.69) is 48.7 Å². The van der Waals surface area contributed by atoms with Gasteiger partial charge in [0.1, 0.15) is 11.4 Å². The Hall–Kier alpha value is -3.18. The second kappa shape index (κ2) is 10.9. The fourth-order valence-electron chi connectivity index (χ4n) is 5.58. The van der Waals surface area contributed by atoms with Crippen molar-refractivity contribution in [3.8, 4) is 0 Å². The Morgan fingerprint density at radius 1 is 0.974 bits per heavy atom. The van der Waals surface area contributed by atoms with Crippen molar-refractivity contribution >= 4 is 23.3 Å². The molecule has 2 aromatic heterocycles. The molecule has 3 heterocycles. The fraction of sp³-hybridized carbons (Fsp3) is 0.519. The summed E-state index contributed by atoms with van der Waals surface area (Å²) < 4.78 is 46.3. The third-order valence-electron chi connectivity index (χ3n) is 7.60. The number of aromatic amines is 1. The number of ether oxygens (including phenoxy) is 1. The Morgan fingerprint density at radius 3 is 2.37 bits per heavy atom. The van der Waals surface area contributed by atoms with Crippen molar-refractivity contribution in [3.05, 3.63) is 52.3 Å². The van der Waals surface area contributed by atoms with Crippen LogP contribution in [0.15, 0.2) is 24.4 Å². The van der Waals surface area contributed by atoms with Crippen molar-refractivity contribution in [2.75, 3.05) is 36.9 Å². The number of nitrogens with zero attached hydrogens (tertiary/aromatic N) is 4. The van der Waals surface area contributed by atoms with Crippen LogP contribution in [-0.2, 0) is 10.9 Å². The highest BCUT2D eigenvalue weighted by atomic mass is 19.4. The van der Waals surface area contributed by atoms with Crippen LogP contribution in [0.25, 0.3) is 0 Å². The number of hydrogen-bond donors (Lipinski definition) is 3. The molecule has 0 amide bonds. The normalized spacial score (nSPS) is 20.9. The summed E-state index contributed by atoms with van der Waals surface area (Å²) in [6.07, 6.45) is 0.862. The highest BCUT2D eigenvalue weighted by Crippen LogP contribution is 2.39. The van der Waals surface area contributed by atoms with Gasteiger partial charge in [-0.05, 0) is 75.1 Å². The first-order valence-electron chi connectivity index (χ1n) is 13.1. The molecule has 0 spiro atoms. The summed E-state index contributed by atoms with van der Waals surface area (Å²) in [7, 11) is 0. The lowest BCUT2D eigenvalue weighted by Gasteiger charge is -2.39. The molecule has 1 aliphatic heterocycles. The fourth-order valence-corrected chi connectivity index (χ4v) is 5.58. The first kappa shape index (κ1) is 26.4. The van der Waals surface area contributed by atoms with Crippen LogP contribution in [0.5, 0.6) is 0 Å². The zero-order chi connectivity index (χ0) is 26.9. The van der Waals surface area contributed by atoms with Crippen LogP contribution in [0.2, 0.25) is 0 Å². The molecule has 0 bridgehead atoms. The molecule has 1 aliphatic carbocycles. The topological polar surface area (TPSA) is 91.0 Å². The molecule has 8 nitrogen and oxygen atoms in total. The number of aromatic nitrogens is 4. The SMILES string of the molecule is Cc1cc(Nc2nc(Nc3cc(C)c(C4CCC(N5CCOCC5)CC4)cc3C)ncc2C(F)(F)F)n[nH]1. The van der Waals surface area contributed by atoms with Crippen molar-refractivity contribution in [1.29, 1.82) is 0 Å². The van der Waals surface area contributed by atoms with Gasteiger partial charge in [-0.2, -0.15) is 23.3 Å². The zero-order valence-electron chi connectivity index (χ0n) is 22.0. The summed E-state index contributed by atoms with van der Waals surface area (Å²) in [5.74, 6) is 0.478. The Bertz CT molecular complexity index is 1260. The molecule has 11 heteroatoms. The van der Waals surface area contributed by atoms with Gasteiger partial charge in [-0.25, -0.2) is 4.98 Å². The lowest BCUT2D eigenvalue weighted by molar-refractivity contribution is -0.137. The van der Waals surface area contributed by atoms with Crippen molar-refractivity contribution in [2.24, 2.45) is 0 Å². The van der Waals surface area contributed by atoms with E-state index < -0.39 is 11.7 Å². The molecule has 3 aromatic rings. The number of anilines is 4. The van der Waals surface area contributed by atoms with Crippen LogP contribution in [0, 0.1) is 20.8 Å². The summed E-state index contributed by atoms with van der Waals surface area (Å²) in [4.78, 5) is 10.7. The van der Waals surface area contributed by atoms with Gasteiger partial charge in [-0.3, -0.25) is 10.00 Å². The molecule has 0 unspecified atom stereocenters. The van der Waals surface area contributed by atoms with Gasteiger partial charge in [-0.15, -0.1) is 0 Å². The molecule has 2 fully saturated rings. The molecule has 38 heavy (non-hydrogen) atoms. The monoisotopic (exact) mass is 529 g/mol. The molecule has 1 saturated heterocycles. The van der Waals surface area contributed by atoms with E-state index in [1.165, 1.54) is 18.4 Å². The van der Waals surface area contributed by atoms with Gasteiger partial charge in [0.15, 0.2) is 5.82 Å². The quantitative estimate of drug-likeness (QED) is 0.361. The molecular weight excluding hydrogens is 495 g/mol. The van der Waals surface area contributed by atoms with Crippen LogP contribution in [0.4, 0.5) is 36.4 Å². The number of hydrogen-bond acceptors (Lipinski definition) is 7. The van der Waals surface area contributed by atoms with Crippen molar-refractivity contribution in [2.45, 2.75) is 64.6 Å². The Labute approximate surface area is 220 Å². The number of alkyl halides is 3. The van der Waals surface area contributed by atoms with E-state index in [-0.39, 0.29) is 17.6 Å². The number of morpholine rings is 1. The van der Waals surface area contributed by atoms with E-state index in [0.717, 1.165) is 62.2 Å². The van der Waals surface area contributed by atoms with Gasteiger partial charge in [0.25, 0.3) is 0 Å². The van der Waals surface area contributed by atoms with Crippen molar-refractivity contribution in [3.63, 3.8) is 0 Å². The largest absolute Gasteiger partial charge is 0.421 e. The standard InChI is InChI=1S/C27H34F3N7O/c1-16-13-23(17(2)12-21(16)19-4-6-20(7-5-19)37-8-10-38-11-9-37)32-26-31-15-22(27(28,29)30)25(34-26)33-24-14-18(3)35-36-24/h12-15,19-20H,4-11H2,1-3H3,(H3,31,32,33,34,35,36). The molecule has 0 radical (unpaired) electrons. The molecular formula is C27H34F3N7O. The van der Waals surface area contributed by atoms with Gasteiger partial charge in [-0.1, -0.05) is 6.07 Å². The van der Waals surface area contributed by atoms with Gasteiger partial charge in [0.2, 0.25) is 5.95 Å². The Kier molecular flexibility index (Phi) is 7.58. The van der Waals surface area contributed by atoms with Crippen LogP contribution in [-0.4, -0.2) is 57.4 Å². The predicted octanol–water partition coefficient (Wildman–Crippen LogP) is 5.99. The summed E-state index contributed by atoms with van der Waals surface area (Å²) in [5.41, 5.74) is 4.04. The van der Waals surface area contributed by atoms with E-state index in [1.54, 1.807) is 13.0 Å². The second-order valence-corrected chi connectivity index (χ2v) is 10.3. The maximum absolute atomic E-state index is 13.6. The summed E-state index contributed by atoms with van der Waals surface area (Å²) in [6.45, 7) is 9.57. The first-order chi connectivity index (χ1) is 18.2. The lowest BCUT2D eigenvalue weighted by Crippen LogP contribution is -2.44. The van der Waals surface area contributed by atoms with E-state index >= 15 is 0 Å². The maximum atomic E-state index is 13.6. The summed E-state index contributed by atoms with van der Waals surface area (Å²) >= 11 is 0. The maximum Gasteiger partial charge on any atom is 0.421 e. The minimum absolute atomic E-state index is 0.0778. The predicted molar refractivity (Wildman–Crippen MR) is 140 cm³/mol. The Morgan fingerprint density at radius 2 is 1.71 bits per heavy atom. The number of nitrogens with one attached hydrogen (secondary N) is 3. The third kappa shape index (κ3) is 5.94. The number of halogens is 3. The molecule has 1 aromatic carbocycles. The smallest absolute Gasteiger partial charge is 0.379 e. The molecule has 5 rings (SSSR count). The van der Waals surface area contributed by atoms with Crippen molar-refractivity contribution < 1.29 is 17.9 Å². The highest BCUT2D eigenvalue weighted by Gasteiger charge is 2.35. The van der Waals surface area contributed by atoms with Gasteiger partial charge in [0, 0.05) is 42.8 Å². The Balaban J connectivity index is 1.31. The third-order valence-corrected chi connectivity index (χ3v) is 7.60. The average molecular weight is 530 g/mol. The van der Waals surface area contributed by atoms with Crippen LogP contribution in [0.3, 0.4) is 0 Å². The minimum Gasteiger partial charge on any atom is -0.379 e. The van der Waals surface area contributed by atoms with Gasteiger partial charge in [0.05, 0.1) is 13.2 Å². The van der Waals surface area contributed by atoms with Crippen LogP contribution < -0.4 is 10.6 Å². The number of aryl methyl sites for hydroxylation is 3. The first-order valence-corrected chi connectivity index (χ1v) is 13.1. The average Bonchev–Trinajstić information content (AvgIpc) is 3.30. The van der Waals surface area contributed by atoms with Crippen LogP contribution >= 0.6 is 0 Å². The van der Waals surface area contributed by atoms with Gasteiger partial charge < -0.3 is 15.4 Å². The van der Waals surface area contributed by atoms with Crippen LogP contribution in [0.1, 0.15) is 59.5 Å². The number of H-pyrrole nitrogens is 1. The number of benzene rings is 1. The number of rotatable bonds is 6. The second-order valence-electron chi connectivity index (χ2n) is 10.3. The van der Waals surface area contributed by atoms with E-state index in [1.807, 2.05) is 13.0 Å².